The van der Waals surface area contributed by atoms with E-state index in [4.69, 9.17) is 16.3 Å². The molecule has 24 heavy (non-hydrogen) atoms. The number of carbonyl (C=O) groups excluding carboxylic acids is 1. The Kier molecular flexibility index (Phi) is 4.95. The van der Waals surface area contributed by atoms with Crippen LogP contribution < -0.4 is 10.1 Å². The summed E-state index contributed by atoms with van der Waals surface area (Å²) in [6.07, 6.45) is 0. The summed E-state index contributed by atoms with van der Waals surface area (Å²) in [6.45, 7) is 0. The molecule has 0 aliphatic carbocycles. The summed E-state index contributed by atoms with van der Waals surface area (Å²) in [6, 6.07) is 7.15. The number of halogens is 1. The van der Waals surface area contributed by atoms with Crippen molar-refractivity contribution in [3.8, 4) is 5.75 Å². The molecule has 0 radical (unpaired) electrons. The van der Waals surface area contributed by atoms with Gasteiger partial charge in [-0.1, -0.05) is 11.6 Å². The quantitative estimate of drug-likeness (QED) is 0.650. The summed E-state index contributed by atoms with van der Waals surface area (Å²) >= 11 is 5.85. The van der Waals surface area contributed by atoms with Crippen molar-refractivity contribution >= 4 is 34.6 Å². The number of non-ortho nitro benzene ring substituents is 2. The molecule has 0 unspecified atom stereocenters. The zero-order chi connectivity index (χ0) is 17.9. The molecule has 9 nitrogen and oxygen atoms in total. The second kappa shape index (κ2) is 6.92. The number of rotatable bonds is 5. The molecule has 1 amide bonds. The highest BCUT2D eigenvalue weighted by Gasteiger charge is 2.20. The Hall–Kier alpha value is -3.20. The van der Waals surface area contributed by atoms with Gasteiger partial charge in [0.2, 0.25) is 0 Å². The lowest BCUT2D eigenvalue weighted by molar-refractivity contribution is -0.394. The number of amides is 1. The molecule has 0 heterocycles. The Morgan fingerprint density at radius 2 is 1.67 bits per heavy atom. The molecule has 0 atom stereocenters. The highest BCUT2D eigenvalue weighted by molar-refractivity contribution is 6.31. The largest absolute Gasteiger partial charge is 0.495 e. The summed E-state index contributed by atoms with van der Waals surface area (Å²) in [4.78, 5) is 32.4. The number of carbonyl (C=O) groups is 1. The zero-order valence-corrected chi connectivity index (χ0v) is 12.9. The minimum absolute atomic E-state index is 0.226. The van der Waals surface area contributed by atoms with Crippen molar-refractivity contribution in [3.05, 3.63) is 67.2 Å². The molecule has 0 aliphatic heterocycles. The summed E-state index contributed by atoms with van der Waals surface area (Å²) < 4.78 is 5.07. The van der Waals surface area contributed by atoms with Gasteiger partial charge in [0.05, 0.1) is 34.3 Å². The van der Waals surface area contributed by atoms with E-state index in [1.54, 1.807) is 6.07 Å². The maximum absolute atomic E-state index is 12.3. The number of nitrogens with one attached hydrogen (secondary N) is 1. The van der Waals surface area contributed by atoms with Gasteiger partial charge in [-0.2, -0.15) is 0 Å². The van der Waals surface area contributed by atoms with Gasteiger partial charge in [-0.05, 0) is 18.2 Å². The average molecular weight is 352 g/mol. The van der Waals surface area contributed by atoms with Crippen molar-refractivity contribution in [3.63, 3.8) is 0 Å². The molecule has 0 spiro atoms. The normalized spacial score (nSPS) is 10.1. The highest BCUT2D eigenvalue weighted by atomic mass is 35.5. The fraction of sp³-hybridized carbons (Fsp3) is 0.0714. The second-order valence-corrected chi connectivity index (χ2v) is 4.99. The van der Waals surface area contributed by atoms with E-state index in [9.17, 15) is 25.0 Å². The van der Waals surface area contributed by atoms with Crippen molar-refractivity contribution in [1.29, 1.82) is 0 Å². The van der Waals surface area contributed by atoms with Gasteiger partial charge in [0.15, 0.2) is 0 Å². The molecule has 2 rings (SSSR count). The van der Waals surface area contributed by atoms with Gasteiger partial charge in [-0.25, -0.2) is 0 Å². The van der Waals surface area contributed by atoms with Crippen molar-refractivity contribution < 1.29 is 19.4 Å². The fourth-order valence-corrected chi connectivity index (χ4v) is 2.08. The Labute approximate surface area is 140 Å². The van der Waals surface area contributed by atoms with E-state index in [0.29, 0.717) is 10.8 Å². The fourth-order valence-electron chi connectivity index (χ4n) is 1.91. The lowest BCUT2D eigenvalue weighted by Gasteiger charge is -2.10. The van der Waals surface area contributed by atoms with E-state index in [-0.39, 0.29) is 11.3 Å². The minimum atomic E-state index is -0.816. The third kappa shape index (κ3) is 3.76. The average Bonchev–Trinajstić information content (AvgIpc) is 2.54. The number of ether oxygens (including phenoxy) is 1. The van der Waals surface area contributed by atoms with Crippen LogP contribution in [0.25, 0.3) is 0 Å². The molecule has 10 heteroatoms. The van der Waals surface area contributed by atoms with Gasteiger partial charge in [0.1, 0.15) is 5.75 Å². The van der Waals surface area contributed by atoms with Crippen LogP contribution in [0.15, 0.2) is 36.4 Å². The first-order valence-corrected chi connectivity index (χ1v) is 6.78. The van der Waals surface area contributed by atoms with Crippen molar-refractivity contribution in [1.82, 2.24) is 0 Å². The molecule has 2 aromatic carbocycles. The first-order chi connectivity index (χ1) is 11.3. The Balaban J connectivity index is 2.41. The summed E-state index contributed by atoms with van der Waals surface area (Å²) in [5.74, 6) is -0.463. The van der Waals surface area contributed by atoms with Gasteiger partial charge in [0, 0.05) is 17.2 Å². The third-order valence-corrected chi connectivity index (χ3v) is 3.23. The predicted molar refractivity (Wildman–Crippen MR) is 85.7 cm³/mol. The number of hydrogen-bond acceptors (Lipinski definition) is 6. The zero-order valence-electron chi connectivity index (χ0n) is 12.2. The smallest absolute Gasteiger partial charge is 0.277 e. The van der Waals surface area contributed by atoms with Gasteiger partial charge < -0.3 is 10.1 Å². The van der Waals surface area contributed by atoms with E-state index >= 15 is 0 Å². The highest BCUT2D eigenvalue weighted by Crippen LogP contribution is 2.29. The first kappa shape index (κ1) is 17.2. The Morgan fingerprint density at radius 3 is 2.17 bits per heavy atom. The van der Waals surface area contributed by atoms with E-state index in [1.807, 2.05) is 0 Å². The number of methoxy groups -OCH3 is 1. The van der Waals surface area contributed by atoms with Gasteiger partial charge in [-0.3, -0.25) is 25.0 Å². The number of anilines is 1. The van der Waals surface area contributed by atoms with Crippen molar-refractivity contribution in [2.45, 2.75) is 0 Å². The van der Waals surface area contributed by atoms with Gasteiger partial charge in [0.25, 0.3) is 17.3 Å². The van der Waals surface area contributed by atoms with Crippen LogP contribution in [-0.2, 0) is 0 Å². The van der Waals surface area contributed by atoms with Crippen molar-refractivity contribution in [2.75, 3.05) is 12.4 Å². The van der Waals surface area contributed by atoms with Gasteiger partial charge >= 0.3 is 0 Å². The lowest BCUT2D eigenvalue weighted by atomic mass is 10.1. The molecule has 1 N–H and O–H groups in total. The number of nitro benzene ring substituents is 2. The molecular formula is C14H10ClN3O6. The van der Waals surface area contributed by atoms with Crippen LogP contribution in [0.1, 0.15) is 10.4 Å². The van der Waals surface area contributed by atoms with Crippen LogP contribution in [0.3, 0.4) is 0 Å². The van der Waals surface area contributed by atoms with E-state index in [2.05, 4.69) is 5.32 Å². The monoisotopic (exact) mass is 351 g/mol. The predicted octanol–water partition coefficient (Wildman–Crippen LogP) is 3.42. The maximum Gasteiger partial charge on any atom is 0.277 e. The van der Waals surface area contributed by atoms with Crippen LogP contribution in [0, 0.1) is 20.2 Å². The summed E-state index contributed by atoms with van der Waals surface area (Å²) in [5.41, 5.74) is -1.14. The molecule has 0 fully saturated rings. The standard InChI is InChI=1S/C14H10ClN3O6/c1-24-13-3-2-9(15)6-12(13)16-14(19)8-4-10(17(20)21)7-11(5-8)18(22)23/h2-7H,1H3,(H,16,19). The topological polar surface area (TPSA) is 125 Å². The third-order valence-electron chi connectivity index (χ3n) is 3.00. The van der Waals surface area contributed by atoms with E-state index in [1.165, 1.54) is 19.2 Å². The molecule has 0 saturated carbocycles. The minimum Gasteiger partial charge on any atom is -0.495 e. The summed E-state index contributed by atoms with van der Waals surface area (Å²) in [5, 5.41) is 24.5. The number of nitro groups is 2. The van der Waals surface area contributed by atoms with Crippen LogP contribution in [0.2, 0.25) is 5.02 Å². The Bertz CT molecular complexity index is 807. The molecule has 0 bridgehead atoms. The van der Waals surface area contributed by atoms with Crippen LogP contribution >= 0.6 is 11.6 Å². The second-order valence-electron chi connectivity index (χ2n) is 4.55. The molecule has 0 saturated heterocycles. The molecule has 2 aromatic rings. The first-order valence-electron chi connectivity index (χ1n) is 6.40. The molecule has 0 aliphatic rings. The Morgan fingerprint density at radius 1 is 1.08 bits per heavy atom. The number of hydrogen-bond donors (Lipinski definition) is 1. The SMILES string of the molecule is COc1ccc(Cl)cc1NC(=O)c1cc([N+](=O)[O-])cc([N+](=O)[O-])c1. The maximum atomic E-state index is 12.3. The van der Waals surface area contributed by atoms with Crippen LogP contribution in [0.5, 0.6) is 5.75 Å². The molecule has 0 aromatic heterocycles. The van der Waals surface area contributed by atoms with Crippen LogP contribution in [0.4, 0.5) is 17.1 Å². The number of benzene rings is 2. The van der Waals surface area contributed by atoms with Crippen molar-refractivity contribution in [2.24, 2.45) is 0 Å². The van der Waals surface area contributed by atoms with Gasteiger partial charge in [-0.15, -0.1) is 0 Å². The summed E-state index contributed by atoms with van der Waals surface area (Å²) in [7, 11) is 1.39. The molecular weight excluding hydrogens is 342 g/mol. The van der Waals surface area contributed by atoms with Crippen LogP contribution in [-0.4, -0.2) is 22.9 Å². The van der Waals surface area contributed by atoms with E-state index < -0.39 is 27.1 Å². The lowest BCUT2D eigenvalue weighted by Crippen LogP contribution is -2.13. The molecule has 124 valence electrons. The van der Waals surface area contributed by atoms with E-state index in [0.717, 1.165) is 18.2 Å². The number of nitrogens with zero attached hydrogens (tertiary/aromatic N) is 2.